The van der Waals surface area contributed by atoms with Gasteiger partial charge in [-0.15, -0.1) is 0 Å². The first-order valence-corrected chi connectivity index (χ1v) is 7.88. The van der Waals surface area contributed by atoms with Gasteiger partial charge in [0.25, 0.3) is 0 Å². The summed E-state index contributed by atoms with van der Waals surface area (Å²) in [7, 11) is 6.57. The van der Waals surface area contributed by atoms with Gasteiger partial charge < -0.3 is 33.2 Å². The van der Waals surface area contributed by atoms with Crippen LogP contribution in [0.25, 0.3) is 5.65 Å². The van der Waals surface area contributed by atoms with Crippen LogP contribution >= 0.6 is 0 Å². The molecule has 0 aliphatic heterocycles. The number of rotatable bonds is 5. The van der Waals surface area contributed by atoms with Crippen molar-refractivity contribution in [3.63, 3.8) is 0 Å². The van der Waals surface area contributed by atoms with Gasteiger partial charge in [0.05, 0.1) is 26.8 Å². The third kappa shape index (κ3) is 4.27. The van der Waals surface area contributed by atoms with E-state index in [1.54, 1.807) is 0 Å². The standard InChI is InChI=1S/C19H24N3O.HI/c1-15-17(13-22(2,3)4)21-12-8-11-18(19(21)20-15)23-14-16-9-6-5-7-10-16;/h5-12H,13-14H2,1-4H3;1H/q+1;/p-1. The van der Waals surface area contributed by atoms with E-state index in [2.05, 4.69) is 50.8 Å². The fourth-order valence-corrected chi connectivity index (χ4v) is 2.69. The van der Waals surface area contributed by atoms with Crippen LogP contribution in [-0.2, 0) is 13.2 Å². The molecule has 128 valence electrons. The topological polar surface area (TPSA) is 26.5 Å². The number of nitrogens with zero attached hydrogens (tertiary/aromatic N) is 3. The molecular weight excluding hydrogens is 413 g/mol. The van der Waals surface area contributed by atoms with Crippen LogP contribution in [0.2, 0.25) is 0 Å². The van der Waals surface area contributed by atoms with Gasteiger partial charge in [0.2, 0.25) is 0 Å². The highest BCUT2D eigenvalue weighted by molar-refractivity contribution is 5.56. The number of quaternary nitrogens is 1. The Morgan fingerprint density at radius 2 is 1.75 bits per heavy atom. The third-order valence-corrected chi connectivity index (χ3v) is 3.77. The number of aromatic nitrogens is 2. The van der Waals surface area contributed by atoms with Gasteiger partial charge in [-0.2, -0.15) is 0 Å². The van der Waals surface area contributed by atoms with Crippen molar-refractivity contribution in [3.05, 3.63) is 65.6 Å². The van der Waals surface area contributed by atoms with Gasteiger partial charge in [0.15, 0.2) is 11.4 Å². The first-order chi connectivity index (χ1) is 10.9. The summed E-state index contributed by atoms with van der Waals surface area (Å²) in [6.07, 6.45) is 2.07. The summed E-state index contributed by atoms with van der Waals surface area (Å²) in [5.74, 6) is 0.826. The lowest BCUT2D eigenvalue weighted by atomic mass is 10.2. The van der Waals surface area contributed by atoms with E-state index in [4.69, 9.17) is 9.72 Å². The van der Waals surface area contributed by atoms with Crippen LogP contribution in [0.15, 0.2) is 48.7 Å². The van der Waals surface area contributed by atoms with Gasteiger partial charge in [-0.05, 0) is 24.6 Å². The normalized spacial score (nSPS) is 11.3. The monoisotopic (exact) mass is 437 g/mol. The minimum atomic E-state index is 0. The smallest absolute Gasteiger partial charge is 0.180 e. The molecule has 0 aliphatic rings. The molecule has 4 nitrogen and oxygen atoms in total. The summed E-state index contributed by atoms with van der Waals surface area (Å²) in [5.41, 5.74) is 4.35. The minimum absolute atomic E-state index is 0. The molecule has 24 heavy (non-hydrogen) atoms. The van der Waals surface area contributed by atoms with Crippen LogP contribution in [-0.4, -0.2) is 35.0 Å². The van der Waals surface area contributed by atoms with Crippen molar-refractivity contribution in [3.8, 4) is 5.75 Å². The van der Waals surface area contributed by atoms with Gasteiger partial charge in [-0.25, -0.2) is 4.98 Å². The lowest BCUT2D eigenvalue weighted by Crippen LogP contribution is -3.00. The van der Waals surface area contributed by atoms with E-state index < -0.39 is 0 Å². The number of hydrogen-bond donors (Lipinski definition) is 0. The minimum Gasteiger partial charge on any atom is -1.00 e. The van der Waals surface area contributed by atoms with Crippen LogP contribution in [0.4, 0.5) is 0 Å². The molecule has 2 heterocycles. The van der Waals surface area contributed by atoms with E-state index in [-0.39, 0.29) is 24.0 Å². The molecule has 0 saturated carbocycles. The molecule has 5 heteroatoms. The molecule has 3 aromatic rings. The number of pyridine rings is 1. The molecule has 3 rings (SSSR count). The van der Waals surface area contributed by atoms with Crippen molar-refractivity contribution >= 4 is 5.65 Å². The predicted molar refractivity (Wildman–Crippen MR) is 92.4 cm³/mol. The lowest BCUT2D eigenvalue weighted by Gasteiger charge is -2.23. The number of halogens is 1. The van der Waals surface area contributed by atoms with Gasteiger partial charge >= 0.3 is 0 Å². The van der Waals surface area contributed by atoms with E-state index in [0.717, 1.165) is 33.7 Å². The van der Waals surface area contributed by atoms with Gasteiger partial charge in [0.1, 0.15) is 18.8 Å². The highest BCUT2D eigenvalue weighted by atomic mass is 127. The Balaban J connectivity index is 0.00000208. The van der Waals surface area contributed by atoms with Gasteiger partial charge in [-0.1, -0.05) is 30.3 Å². The van der Waals surface area contributed by atoms with E-state index in [9.17, 15) is 0 Å². The number of hydrogen-bond acceptors (Lipinski definition) is 2. The first-order valence-electron chi connectivity index (χ1n) is 7.88. The summed E-state index contributed by atoms with van der Waals surface area (Å²) < 4.78 is 9.03. The molecule has 0 aliphatic carbocycles. The number of fused-ring (bicyclic) bond motifs is 1. The Labute approximate surface area is 160 Å². The van der Waals surface area contributed by atoms with Gasteiger partial charge in [0, 0.05) is 6.20 Å². The lowest BCUT2D eigenvalue weighted by molar-refractivity contribution is -0.884. The molecule has 0 atom stereocenters. The van der Waals surface area contributed by atoms with E-state index in [1.165, 1.54) is 5.69 Å². The zero-order valence-electron chi connectivity index (χ0n) is 14.7. The van der Waals surface area contributed by atoms with Crippen LogP contribution in [0.5, 0.6) is 5.75 Å². The second-order valence-electron chi connectivity index (χ2n) is 6.93. The highest BCUT2D eigenvalue weighted by Gasteiger charge is 2.18. The zero-order chi connectivity index (χ0) is 16.4. The van der Waals surface area contributed by atoms with E-state index in [1.807, 2.05) is 30.3 Å². The first kappa shape index (κ1) is 18.7. The van der Waals surface area contributed by atoms with Crippen LogP contribution in [0.3, 0.4) is 0 Å². The van der Waals surface area contributed by atoms with Crippen molar-refractivity contribution in [2.75, 3.05) is 21.1 Å². The van der Waals surface area contributed by atoms with Crippen molar-refractivity contribution in [2.24, 2.45) is 0 Å². The summed E-state index contributed by atoms with van der Waals surface area (Å²) >= 11 is 0. The highest BCUT2D eigenvalue weighted by Crippen LogP contribution is 2.24. The molecule has 2 aromatic heterocycles. The Bertz CT molecular complexity index is 807. The van der Waals surface area contributed by atoms with Gasteiger partial charge in [-0.3, -0.25) is 4.40 Å². The molecule has 0 radical (unpaired) electrons. The van der Waals surface area contributed by atoms with Crippen molar-refractivity contribution < 1.29 is 33.2 Å². The quantitative estimate of drug-likeness (QED) is 0.428. The van der Waals surface area contributed by atoms with Crippen molar-refractivity contribution in [1.82, 2.24) is 9.38 Å². The Kier molecular flexibility index (Phi) is 5.87. The van der Waals surface area contributed by atoms with E-state index in [0.29, 0.717) is 6.61 Å². The maximum atomic E-state index is 6.02. The van der Waals surface area contributed by atoms with Crippen molar-refractivity contribution in [2.45, 2.75) is 20.1 Å². The fourth-order valence-electron chi connectivity index (χ4n) is 2.69. The fraction of sp³-hybridized carbons (Fsp3) is 0.316. The number of benzene rings is 1. The maximum Gasteiger partial charge on any atom is 0.180 e. The van der Waals surface area contributed by atoms with Crippen molar-refractivity contribution in [1.29, 1.82) is 0 Å². The number of aryl methyl sites for hydroxylation is 1. The van der Waals surface area contributed by atoms with Crippen LogP contribution in [0.1, 0.15) is 17.0 Å². The summed E-state index contributed by atoms with van der Waals surface area (Å²) in [6.45, 7) is 3.55. The second kappa shape index (κ2) is 7.53. The number of imidazole rings is 1. The summed E-state index contributed by atoms with van der Waals surface area (Å²) in [5, 5.41) is 0. The molecule has 0 N–H and O–H groups in total. The molecule has 0 spiro atoms. The molecule has 0 unspecified atom stereocenters. The summed E-state index contributed by atoms with van der Waals surface area (Å²) in [4.78, 5) is 4.74. The SMILES string of the molecule is Cc1nc2c(OCc3ccccc3)cccn2c1C[N+](C)(C)C.[I-]. The Morgan fingerprint density at radius 3 is 2.42 bits per heavy atom. The largest absolute Gasteiger partial charge is 1.00 e. The van der Waals surface area contributed by atoms with Crippen LogP contribution < -0.4 is 28.7 Å². The molecule has 0 amide bonds. The second-order valence-corrected chi connectivity index (χ2v) is 6.93. The molecule has 0 saturated heterocycles. The van der Waals surface area contributed by atoms with E-state index >= 15 is 0 Å². The van der Waals surface area contributed by atoms with Crippen LogP contribution in [0, 0.1) is 6.92 Å². The Hall–Kier alpha value is -1.60. The summed E-state index contributed by atoms with van der Waals surface area (Å²) in [6, 6.07) is 14.2. The maximum absolute atomic E-state index is 6.02. The third-order valence-electron chi connectivity index (χ3n) is 3.77. The predicted octanol–water partition coefficient (Wildman–Crippen LogP) is 0.432. The number of ether oxygens (including phenoxy) is 1. The molecule has 0 bridgehead atoms. The zero-order valence-corrected chi connectivity index (χ0v) is 16.8. The molecule has 1 aromatic carbocycles. The average molecular weight is 437 g/mol. The Morgan fingerprint density at radius 1 is 1.04 bits per heavy atom. The average Bonchev–Trinajstić information content (AvgIpc) is 2.81. The molecule has 0 fully saturated rings. The molecular formula is C19H24IN3O.